The summed E-state index contributed by atoms with van der Waals surface area (Å²) in [6, 6.07) is 7.91. The van der Waals surface area contributed by atoms with Crippen molar-refractivity contribution in [3.05, 3.63) is 35.9 Å². The van der Waals surface area contributed by atoms with E-state index in [1.807, 2.05) is 6.07 Å². The van der Waals surface area contributed by atoms with E-state index in [1.54, 1.807) is 36.1 Å². The predicted molar refractivity (Wildman–Crippen MR) is 101 cm³/mol. The van der Waals surface area contributed by atoms with Crippen molar-refractivity contribution >= 4 is 27.7 Å². The van der Waals surface area contributed by atoms with Gasteiger partial charge in [-0.25, -0.2) is 13.2 Å². The molecule has 0 bridgehead atoms. The van der Waals surface area contributed by atoms with Gasteiger partial charge in [-0.1, -0.05) is 30.3 Å². The maximum absolute atomic E-state index is 13.0. The summed E-state index contributed by atoms with van der Waals surface area (Å²) in [4.78, 5) is 41.0. The summed E-state index contributed by atoms with van der Waals surface area (Å²) in [5.41, 5.74) is -0.580. The Hall–Kier alpha value is -2.42. The van der Waals surface area contributed by atoms with Crippen LogP contribution in [0.3, 0.4) is 0 Å². The second-order valence-corrected chi connectivity index (χ2v) is 10.1. The molecule has 2 heterocycles. The molecule has 0 aromatic heterocycles. The monoisotopic (exact) mass is 405 g/mol. The fraction of sp³-hybridized carbons (Fsp3) is 0.526. The van der Waals surface area contributed by atoms with Crippen molar-refractivity contribution in [3.8, 4) is 0 Å². The third kappa shape index (κ3) is 3.28. The third-order valence-corrected chi connectivity index (χ3v) is 7.50. The SMILES string of the molecule is C[C@]1(c2ccccc2)NC(=O)N(CC(=O)N(C2CC2)[C@H]2CCS(=O)(=O)C2)C1=O. The zero-order valence-electron chi connectivity index (χ0n) is 15.6. The molecule has 0 radical (unpaired) electrons. The molecular formula is C19H23N3O5S. The number of nitrogens with one attached hydrogen (secondary N) is 1. The van der Waals surface area contributed by atoms with Gasteiger partial charge in [0.25, 0.3) is 5.91 Å². The van der Waals surface area contributed by atoms with Gasteiger partial charge in [-0.2, -0.15) is 0 Å². The number of rotatable bonds is 5. The van der Waals surface area contributed by atoms with Gasteiger partial charge >= 0.3 is 6.03 Å². The fourth-order valence-corrected chi connectivity index (χ4v) is 5.79. The highest BCUT2D eigenvalue weighted by molar-refractivity contribution is 7.91. The van der Waals surface area contributed by atoms with Gasteiger partial charge in [0.15, 0.2) is 9.84 Å². The van der Waals surface area contributed by atoms with Gasteiger partial charge in [-0.15, -0.1) is 0 Å². The molecule has 9 heteroatoms. The summed E-state index contributed by atoms with van der Waals surface area (Å²) in [6.07, 6.45) is 2.06. The Labute approximate surface area is 163 Å². The fourth-order valence-electron chi connectivity index (χ4n) is 4.08. The molecule has 0 spiro atoms. The van der Waals surface area contributed by atoms with Crippen LogP contribution in [0.25, 0.3) is 0 Å². The molecule has 4 amide bonds. The van der Waals surface area contributed by atoms with Crippen LogP contribution < -0.4 is 5.32 Å². The number of amides is 4. The van der Waals surface area contributed by atoms with Crippen LogP contribution in [0.4, 0.5) is 4.79 Å². The van der Waals surface area contributed by atoms with Gasteiger partial charge in [0, 0.05) is 12.1 Å². The smallest absolute Gasteiger partial charge is 0.325 e. The first kappa shape index (κ1) is 18.9. The summed E-state index contributed by atoms with van der Waals surface area (Å²) >= 11 is 0. The minimum Gasteiger partial charge on any atom is -0.334 e. The maximum atomic E-state index is 13.0. The molecule has 0 unspecified atom stereocenters. The number of urea groups is 1. The summed E-state index contributed by atoms with van der Waals surface area (Å²) in [6.45, 7) is 1.25. The topological polar surface area (TPSA) is 104 Å². The second-order valence-electron chi connectivity index (χ2n) is 7.90. The average Bonchev–Trinajstić information content (AvgIpc) is 3.38. The standard InChI is InChI=1S/C19H23N3O5S/c1-19(13-5-3-2-4-6-13)17(24)21(18(25)20-19)11-16(23)22(14-7-8-14)15-9-10-28(26,27)12-15/h2-6,14-15H,7-12H2,1H3,(H,20,25)/t15-,19+/m0/s1. The van der Waals surface area contributed by atoms with Gasteiger partial charge < -0.3 is 10.2 Å². The van der Waals surface area contributed by atoms with E-state index in [2.05, 4.69) is 5.32 Å². The number of carbonyl (C=O) groups is 3. The molecule has 4 rings (SSSR count). The number of hydrogen-bond donors (Lipinski definition) is 1. The largest absolute Gasteiger partial charge is 0.334 e. The highest BCUT2D eigenvalue weighted by Crippen LogP contribution is 2.33. The highest BCUT2D eigenvalue weighted by Gasteiger charge is 2.51. The number of benzene rings is 1. The van der Waals surface area contributed by atoms with Gasteiger partial charge in [-0.3, -0.25) is 14.5 Å². The van der Waals surface area contributed by atoms with E-state index >= 15 is 0 Å². The van der Waals surface area contributed by atoms with Crippen molar-refractivity contribution in [2.75, 3.05) is 18.1 Å². The van der Waals surface area contributed by atoms with Crippen LogP contribution in [0.2, 0.25) is 0 Å². The molecule has 1 saturated carbocycles. The third-order valence-electron chi connectivity index (χ3n) is 5.75. The quantitative estimate of drug-likeness (QED) is 0.724. The molecule has 150 valence electrons. The minimum atomic E-state index is -3.14. The lowest BCUT2D eigenvalue weighted by molar-refractivity contribution is -0.140. The highest BCUT2D eigenvalue weighted by atomic mass is 32.2. The van der Waals surface area contributed by atoms with E-state index in [-0.39, 0.29) is 36.0 Å². The maximum Gasteiger partial charge on any atom is 0.325 e. The van der Waals surface area contributed by atoms with Crippen LogP contribution in [0.5, 0.6) is 0 Å². The van der Waals surface area contributed by atoms with E-state index in [1.165, 1.54) is 0 Å². The van der Waals surface area contributed by atoms with Crippen LogP contribution in [0.1, 0.15) is 31.7 Å². The first-order valence-corrected chi connectivity index (χ1v) is 11.2. The number of hydrogen-bond acceptors (Lipinski definition) is 5. The first-order chi connectivity index (χ1) is 13.2. The molecule has 1 aromatic carbocycles. The number of nitrogens with zero attached hydrogens (tertiary/aromatic N) is 2. The first-order valence-electron chi connectivity index (χ1n) is 9.42. The zero-order chi connectivity index (χ0) is 20.1. The van der Waals surface area contributed by atoms with Crippen molar-refractivity contribution in [2.24, 2.45) is 0 Å². The van der Waals surface area contributed by atoms with E-state index in [9.17, 15) is 22.8 Å². The lowest BCUT2D eigenvalue weighted by Gasteiger charge is -2.30. The van der Waals surface area contributed by atoms with Crippen LogP contribution >= 0.6 is 0 Å². The van der Waals surface area contributed by atoms with Gasteiger partial charge in [-0.05, 0) is 31.7 Å². The number of carbonyl (C=O) groups excluding carboxylic acids is 3. The molecule has 3 fully saturated rings. The Morgan fingerprint density at radius 3 is 2.43 bits per heavy atom. The summed E-state index contributed by atoms with van der Waals surface area (Å²) in [5, 5.41) is 2.69. The Balaban J connectivity index is 1.52. The lowest BCUT2D eigenvalue weighted by atomic mass is 9.92. The molecule has 28 heavy (non-hydrogen) atoms. The molecule has 2 saturated heterocycles. The average molecular weight is 405 g/mol. The van der Waals surface area contributed by atoms with Crippen LogP contribution in [-0.2, 0) is 25.0 Å². The Kier molecular flexibility index (Phi) is 4.45. The van der Waals surface area contributed by atoms with Gasteiger partial charge in [0.2, 0.25) is 5.91 Å². The van der Waals surface area contributed by atoms with Gasteiger partial charge in [0.1, 0.15) is 12.1 Å². The number of imide groups is 1. The van der Waals surface area contributed by atoms with Crippen molar-refractivity contribution in [2.45, 2.75) is 43.8 Å². The summed E-state index contributed by atoms with van der Waals surface area (Å²) in [5.74, 6) is -0.822. The molecule has 1 aliphatic carbocycles. The van der Waals surface area contributed by atoms with Crippen molar-refractivity contribution < 1.29 is 22.8 Å². The van der Waals surface area contributed by atoms with Crippen molar-refractivity contribution in [1.29, 1.82) is 0 Å². The molecule has 1 aromatic rings. The predicted octanol–water partition coefficient (Wildman–Crippen LogP) is 0.632. The zero-order valence-corrected chi connectivity index (χ0v) is 16.4. The van der Waals surface area contributed by atoms with Crippen molar-refractivity contribution in [1.82, 2.24) is 15.1 Å². The summed E-state index contributed by atoms with van der Waals surface area (Å²) in [7, 11) is -3.14. The van der Waals surface area contributed by atoms with E-state index < -0.39 is 27.3 Å². The molecule has 3 aliphatic rings. The van der Waals surface area contributed by atoms with Crippen molar-refractivity contribution in [3.63, 3.8) is 0 Å². The van der Waals surface area contributed by atoms with E-state index in [0.29, 0.717) is 12.0 Å². The second kappa shape index (κ2) is 6.58. The number of sulfone groups is 1. The molecule has 8 nitrogen and oxygen atoms in total. The Morgan fingerprint density at radius 1 is 1.18 bits per heavy atom. The summed E-state index contributed by atoms with van der Waals surface area (Å²) < 4.78 is 23.7. The molecule has 2 atom stereocenters. The van der Waals surface area contributed by atoms with E-state index in [4.69, 9.17) is 0 Å². The molecule has 1 N–H and O–H groups in total. The van der Waals surface area contributed by atoms with Crippen LogP contribution in [-0.4, -0.2) is 66.2 Å². The molecule has 2 aliphatic heterocycles. The lowest BCUT2D eigenvalue weighted by Crippen LogP contribution is -2.49. The van der Waals surface area contributed by atoms with Crippen LogP contribution in [0.15, 0.2) is 30.3 Å². The normalized spacial score (nSPS) is 29.0. The Bertz CT molecular complexity index is 928. The minimum absolute atomic E-state index is 0.00655. The van der Waals surface area contributed by atoms with Crippen LogP contribution in [0, 0.1) is 0 Å². The van der Waals surface area contributed by atoms with Gasteiger partial charge in [0.05, 0.1) is 11.5 Å². The Morgan fingerprint density at radius 2 is 1.86 bits per heavy atom. The molecular weight excluding hydrogens is 382 g/mol. The van der Waals surface area contributed by atoms with E-state index in [0.717, 1.165) is 17.7 Å².